The number of nitrogens with zero attached hydrogens (tertiary/aromatic N) is 1. The molecule has 0 atom stereocenters. The molecule has 6 nitrogen and oxygen atoms in total. The third kappa shape index (κ3) is 4.45. The minimum atomic E-state index is -0.519. The normalized spacial score (nSPS) is 16.8. The van der Waals surface area contributed by atoms with E-state index in [0.717, 1.165) is 49.4 Å². The standard InChI is InChI=1S/C28H28N4O2/c1-18(26-24-11-8-22(27(29)33)16-25(24)31-28(26)34)30-23-9-6-19(7-10-23)17-32-14-12-20-4-2-3-5-21(20)13-15-32/h2-11,16,30H,12-15,17H2,1H3,(H2,29,33)(H,31,34). The maximum atomic E-state index is 12.6. The van der Waals surface area contributed by atoms with E-state index < -0.39 is 5.91 Å². The molecule has 0 unspecified atom stereocenters. The quantitative estimate of drug-likeness (QED) is 0.507. The van der Waals surface area contributed by atoms with Crippen molar-refractivity contribution in [3.05, 3.63) is 100 Å². The molecule has 0 spiro atoms. The van der Waals surface area contributed by atoms with Crippen LogP contribution in [0.25, 0.3) is 5.57 Å². The van der Waals surface area contributed by atoms with E-state index in [9.17, 15) is 9.59 Å². The number of amides is 2. The smallest absolute Gasteiger partial charge is 0.258 e. The average Bonchev–Trinajstić information content (AvgIpc) is 3.03. The second kappa shape index (κ2) is 9.15. The molecule has 3 aromatic rings. The van der Waals surface area contributed by atoms with Crippen molar-refractivity contribution in [2.24, 2.45) is 5.73 Å². The van der Waals surface area contributed by atoms with E-state index in [4.69, 9.17) is 5.73 Å². The SMILES string of the molecule is CC(Nc1ccc(CN2CCc3ccccc3CC2)cc1)=C1C(=O)Nc2cc(C(N)=O)ccc21. The fraction of sp³-hybridized carbons (Fsp3) is 0.214. The molecule has 2 amide bonds. The number of carbonyl (C=O) groups excluding carboxylic acids is 2. The largest absolute Gasteiger partial charge is 0.366 e. The monoisotopic (exact) mass is 452 g/mol. The highest BCUT2D eigenvalue weighted by Gasteiger charge is 2.27. The van der Waals surface area contributed by atoms with Crippen molar-refractivity contribution in [3.8, 4) is 0 Å². The number of nitrogens with two attached hydrogens (primary N) is 1. The Hall–Kier alpha value is -3.90. The number of hydrogen-bond acceptors (Lipinski definition) is 4. The minimum Gasteiger partial charge on any atom is -0.366 e. The zero-order valence-electron chi connectivity index (χ0n) is 19.2. The van der Waals surface area contributed by atoms with Crippen LogP contribution in [-0.2, 0) is 24.2 Å². The number of fused-ring (bicyclic) bond motifs is 2. The van der Waals surface area contributed by atoms with Crippen LogP contribution in [0.4, 0.5) is 11.4 Å². The first-order valence-electron chi connectivity index (χ1n) is 11.6. The molecule has 0 saturated carbocycles. The topological polar surface area (TPSA) is 87.5 Å². The number of benzene rings is 3. The van der Waals surface area contributed by atoms with E-state index in [0.29, 0.717) is 16.8 Å². The molecule has 0 saturated heterocycles. The molecule has 0 aliphatic carbocycles. The predicted octanol–water partition coefficient (Wildman–Crippen LogP) is 4.18. The lowest BCUT2D eigenvalue weighted by molar-refractivity contribution is -0.110. The van der Waals surface area contributed by atoms with E-state index in [-0.39, 0.29) is 5.91 Å². The van der Waals surface area contributed by atoms with E-state index in [1.54, 1.807) is 18.2 Å². The highest BCUT2D eigenvalue weighted by Crippen LogP contribution is 2.34. The number of nitrogens with one attached hydrogen (secondary N) is 2. The van der Waals surface area contributed by atoms with E-state index >= 15 is 0 Å². The zero-order valence-corrected chi connectivity index (χ0v) is 19.2. The van der Waals surface area contributed by atoms with Crippen LogP contribution in [0.3, 0.4) is 0 Å². The van der Waals surface area contributed by atoms with Crippen molar-refractivity contribution in [1.82, 2.24) is 4.90 Å². The van der Waals surface area contributed by atoms with Crippen molar-refractivity contribution in [3.63, 3.8) is 0 Å². The first-order chi connectivity index (χ1) is 16.5. The van der Waals surface area contributed by atoms with Gasteiger partial charge in [-0.05, 0) is 60.7 Å². The van der Waals surface area contributed by atoms with Crippen molar-refractivity contribution >= 4 is 28.8 Å². The van der Waals surface area contributed by atoms with Crippen molar-refractivity contribution in [2.45, 2.75) is 26.3 Å². The van der Waals surface area contributed by atoms with Crippen molar-refractivity contribution in [1.29, 1.82) is 0 Å². The van der Waals surface area contributed by atoms with Gasteiger partial charge in [0.2, 0.25) is 5.91 Å². The molecule has 0 fully saturated rings. The predicted molar refractivity (Wildman–Crippen MR) is 135 cm³/mol. The summed E-state index contributed by atoms with van der Waals surface area (Å²) in [6, 6.07) is 22.2. The molecule has 34 heavy (non-hydrogen) atoms. The van der Waals surface area contributed by atoms with Gasteiger partial charge in [0.15, 0.2) is 0 Å². The summed E-state index contributed by atoms with van der Waals surface area (Å²) in [6.45, 7) is 4.93. The molecule has 2 aliphatic rings. The van der Waals surface area contributed by atoms with Gasteiger partial charge < -0.3 is 16.4 Å². The third-order valence-corrected chi connectivity index (χ3v) is 6.63. The van der Waals surface area contributed by atoms with Crippen LogP contribution in [0.5, 0.6) is 0 Å². The summed E-state index contributed by atoms with van der Waals surface area (Å²) < 4.78 is 0. The van der Waals surface area contributed by atoms with Gasteiger partial charge in [-0.2, -0.15) is 0 Å². The highest BCUT2D eigenvalue weighted by atomic mass is 16.2. The van der Waals surface area contributed by atoms with Gasteiger partial charge in [-0.15, -0.1) is 0 Å². The van der Waals surface area contributed by atoms with Crippen LogP contribution in [0.15, 0.2) is 72.4 Å². The first-order valence-corrected chi connectivity index (χ1v) is 11.6. The Morgan fingerprint density at radius 1 is 1.00 bits per heavy atom. The average molecular weight is 453 g/mol. The van der Waals surface area contributed by atoms with Gasteiger partial charge in [-0.1, -0.05) is 42.5 Å². The Balaban J connectivity index is 1.26. The molecule has 172 valence electrons. The Bertz CT molecular complexity index is 1270. The second-order valence-electron chi connectivity index (χ2n) is 8.95. The molecule has 0 bridgehead atoms. The molecule has 6 heteroatoms. The zero-order chi connectivity index (χ0) is 23.7. The van der Waals surface area contributed by atoms with Gasteiger partial charge in [0.25, 0.3) is 5.91 Å². The Morgan fingerprint density at radius 2 is 1.68 bits per heavy atom. The molecule has 5 rings (SSSR count). The summed E-state index contributed by atoms with van der Waals surface area (Å²) in [5, 5.41) is 6.18. The number of rotatable bonds is 5. The van der Waals surface area contributed by atoms with Gasteiger partial charge in [0, 0.05) is 47.8 Å². The molecule has 4 N–H and O–H groups in total. The second-order valence-corrected chi connectivity index (χ2v) is 8.95. The lowest BCUT2D eigenvalue weighted by atomic mass is 10.0. The van der Waals surface area contributed by atoms with Crippen LogP contribution >= 0.6 is 0 Å². The van der Waals surface area contributed by atoms with Crippen molar-refractivity contribution in [2.75, 3.05) is 23.7 Å². The van der Waals surface area contributed by atoms with Crippen molar-refractivity contribution < 1.29 is 9.59 Å². The Kier molecular flexibility index (Phi) is 5.90. The summed E-state index contributed by atoms with van der Waals surface area (Å²) in [4.78, 5) is 26.6. The molecule has 2 heterocycles. The Labute approximate surface area is 199 Å². The lowest BCUT2D eigenvalue weighted by Gasteiger charge is -2.20. The molecular weight excluding hydrogens is 424 g/mol. The summed E-state index contributed by atoms with van der Waals surface area (Å²) in [5.41, 5.74) is 13.5. The number of allylic oxidation sites excluding steroid dienone is 1. The molecule has 2 aliphatic heterocycles. The maximum absolute atomic E-state index is 12.6. The Morgan fingerprint density at radius 3 is 2.32 bits per heavy atom. The van der Waals surface area contributed by atoms with Gasteiger partial charge in [-0.25, -0.2) is 0 Å². The van der Waals surface area contributed by atoms with Gasteiger partial charge in [-0.3, -0.25) is 14.5 Å². The minimum absolute atomic E-state index is 0.194. The molecular formula is C28H28N4O2. The summed E-state index contributed by atoms with van der Waals surface area (Å²) in [7, 11) is 0. The maximum Gasteiger partial charge on any atom is 0.258 e. The lowest BCUT2D eigenvalue weighted by Crippen LogP contribution is -2.25. The highest BCUT2D eigenvalue weighted by molar-refractivity contribution is 6.32. The van der Waals surface area contributed by atoms with Crippen LogP contribution in [-0.4, -0.2) is 29.8 Å². The third-order valence-electron chi connectivity index (χ3n) is 6.63. The van der Waals surface area contributed by atoms with Gasteiger partial charge >= 0.3 is 0 Å². The number of anilines is 2. The van der Waals surface area contributed by atoms with Gasteiger partial charge in [0.1, 0.15) is 0 Å². The molecule has 0 aromatic heterocycles. The first kappa shape index (κ1) is 21.9. The van der Waals surface area contributed by atoms with Crippen LogP contribution < -0.4 is 16.4 Å². The van der Waals surface area contributed by atoms with E-state index in [2.05, 4.69) is 64.1 Å². The summed E-state index contributed by atoms with van der Waals surface area (Å²) >= 11 is 0. The van der Waals surface area contributed by atoms with Gasteiger partial charge in [0.05, 0.1) is 5.57 Å². The van der Waals surface area contributed by atoms with Crippen LogP contribution in [0, 0.1) is 0 Å². The fourth-order valence-corrected chi connectivity index (χ4v) is 4.80. The molecule has 0 radical (unpaired) electrons. The van der Waals surface area contributed by atoms with E-state index in [1.807, 2.05) is 6.92 Å². The number of primary amides is 1. The fourth-order valence-electron chi connectivity index (χ4n) is 4.80. The van der Waals surface area contributed by atoms with E-state index in [1.165, 1.54) is 16.7 Å². The van der Waals surface area contributed by atoms with Crippen LogP contribution in [0.2, 0.25) is 0 Å². The van der Waals surface area contributed by atoms with Crippen LogP contribution in [0.1, 0.15) is 39.5 Å². The summed E-state index contributed by atoms with van der Waals surface area (Å²) in [5.74, 6) is -0.713. The summed E-state index contributed by atoms with van der Waals surface area (Å²) in [6.07, 6.45) is 2.18. The molecule has 3 aromatic carbocycles. The number of carbonyl (C=O) groups is 2. The number of hydrogen-bond donors (Lipinski definition) is 3.